The standard InChI is InChI=1S/C14H29N/c1-4-12(2)10-13(3)15-11-14-8-6-5-7-9-14/h12-15H,4-11H2,1-3H3. The molecule has 2 unspecified atom stereocenters. The molecule has 1 N–H and O–H groups in total. The molecular formula is C14H29N. The molecule has 0 aromatic carbocycles. The molecule has 1 saturated carbocycles. The van der Waals surface area contributed by atoms with Gasteiger partial charge in [-0.15, -0.1) is 0 Å². The largest absolute Gasteiger partial charge is 0.314 e. The third-order valence-electron chi connectivity index (χ3n) is 3.93. The van der Waals surface area contributed by atoms with E-state index in [1.807, 2.05) is 0 Å². The van der Waals surface area contributed by atoms with E-state index in [0.29, 0.717) is 6.04 Å². The fraction of sp³-hybridized carbons (Fsp3) is 1.00. The second kappa shape index (κ2) is 7.27. The Morgan fingerprint density at radius 3 is 2.40 bits per heavy atom. The van der Waals surface area contributed by atoms with E-state index in [-0.39, 0.29) is 0 Å². The van der Waals surface area contributed by atoms with Crippen LogP contribution in [0, 0.1) is 11.8 Å². The van der Waals surface area contributed by atoms with Crippen molar-refractivity contribution in [1.82, 2.24) is 5.32 Å². The van der Waals surface area contributed by atoms with Crippen molar-refractivity contribution in [3.8, 4) is 0 Å². The molecule has 0 spiro atoms. The van der Waals surface area contributed by atoms with Crippen molar-refractivity contribution in [2.45, 2.75) is 71.8 Å². The molecule has 2 atom stereocenters. The molecule has 15 heavy (non-hydrogen) atoms. The Bertz CT molecular complexity index is 149. The lowest BCUT2D eigenvalue weighted by molar-refractivity contribution is 0.316. The molecule has 1 fully saturated rings. The summed E-state index contributed by atoms with van der Waals surface area (Å²) in [6.07, 6.45) is 9.97. The van der Waals surface area contributed by atoms with Gasteiger partial charge in [-0.1, -0.05) is 39.5 Å². The third kappa shape index (κ3) is 5.55. The summed E-state index contributed by atoms with van der Waals surface area (Å²) in [5, 5.41) is 3.72. The average Bonchev–Trinajstić information content (AvgIpc) is 2.27. The summed E-state index contributed by atoms with van der Waals surface area (Å²) < 4.78 is 0. The van der Waals surface area contributed by atoms with Gasteiger partial charge in [0, 0.05) is 6.04 Å². The van der Waals surface area contributed by atoms with E-state index in [1.165, 1.54) is 51.5 Å². The first-order chi connectivity index (χ1) is 7.22. The zero-order valence-corrected chi connectivity index (χ0v) is 10.9. The van der Waals surface area contributed by atoms with Crippen LogP contribution in [0.3, 0.4) is 0 Å². The summed E-state index contributed by atoms with van der Waals surface area (Å²) in [5.41, 5.74) is 0. The number of hydrogen-bond acceptors (Lipinski definition) is 1. The lowest BCUT2D eigenvalue weighted by Crippen LogP contribution is -2.33. The highest BCUT2D eigenvalue weighted by Crippen LogP contribution is 2.23. The second-order valence-electron chi connectivity index (χ2n) is 5.56. The van der Waals surface area contributed by atoms with Crippen LogP contribution in [-0.2, 0) is 0 Å². The van der Waals surface area contributed by atoms with Crippen molar-refractivity contribution in [2.24, 2.45) is 11.8 Å². The molecule has 0 radical (unpaired) electrons. The van der Waals surface area contributed by atoms with Crippen LogP contribution >= 0.6 is 0 Å². The van der Waals surface area contributed by atoms with Crippen LogP contribution in [0.1, 0.15) is 65.7 Å². The average molecular weight is 211 g/mol. The van der Waals surface area contributed by atoms with Gasteiger partial charge in [0.25, 0.3) is 0 Å². The van der Waals surface area contributed by atoms with Crippen molar-refractivity contribution in [3.63, 3.8) is 0 Å². The van der Waals surface area contributed by atoms with Crippen LogP contribution in [0.25, 0.3) is 0 Å². The Morgan fingerprint density at radius 2 is 1.80 bits per heavy atom. The van der Waals surface area contributed by atoms with Crippen molar-refractivity contribution in [2.75, 3.05) is 6.54 Å². The molecule has 0 aliphatic heterocycles. The zero-order chi connectivity index (χ0) is 11.1. The maximum absolute atomic E-state index is 3.72. The first kappa shape index (κ1) is 13.0. The van der Waals surface area contributed by atoms with E-state index in [1.54, 1.807) is 0 Å². The van der Waals surface area contributed by atoms with Crippen LogP contribution in [-0.4, -0.2) is 12.6 Å². The monoisotopic (exact) mass is 211 g/mol. The summed E-state index contributed by atoms with van der Waals surface area (Å²) >= 11 is 0. The molecule has 0 aromatic rings. The normalized spacial score (nSPS) is 22.6. The highest BCUT2D eigenvalue weighted by Gasteiger charge is 2.14. The summed E-state index contributed by atoms with van der Waals surface area (Å²) in [7, 11) is 0. The summed E-state index contributed by atoms with van der Waals surface area (Å²) in [4.78, 5) is 0. The Balaban J connectivity index is 2.07. The van der Waals surface area contributed by atoms with Crippen LogP contribution in [0.4, 0.5) is 0 Å². The maximum Gasteiger partial charge on any atom is 0.00413 e. The first-order valence-electron chi connectivity index (χ1n) is 6.95. The minimum atomic E-state index is 0.710. The topological polar surface area (TPSA) is 12.0 Å². The molecule has 0 bridgehead atoms. The van der Waals surface area contributed by atoms with Gasteiger partial charge in [0.05, 0.1) is 0 Å². The highest BCUT2D eigenvalue weighted by atomic mass is 14.9. The lowest BCUT2D eigenvalue weighted by Gasteiger charge is -2.25. The number of nitrogens with one attached hydrogen (secondary N) is 1. The predicted molar refractivity (Wildman–Crippen MR) is 68.1 cm³/mol. The van der Waals surface area contributed by atoms with Gasteiger partial charge in [0.1, 0.15) is 0 Å². The smallest absolute Gasteiger partial charge is 0.00413 e. The quantitative estimate of drug-likeness (QED) is 0.700. The molecule has 0 heterocycles. The van der Waals surface area contributed by atoms with Crippen molar-refractivity contribution < 1.29 is 0 Å². The lowest BCUT2D eigenvalue weighted by atomic mass is 9.89. The fourth-order valence-electron chi connectivity index (χ4n) is 2.61. The van der Waals surface area contributed by atoms with Gasteiger partial charge in [0.2, 0.25) is 0 Å². The third-order valence-corrected chi connectivity index (χ3v) is 3.93. The van der Waals surface area contributed by atoms with Crippen molar-refractivity contribution >= 4 is 0 Å². The van der Waals surface area contributed by atoms with Crippen molar-refractivity contribution in [1.29, 1.82) is 0 Å². The van der Waals surface area contributed by atoms with Crippen LogP contribution < -0.4 is 5.32 Å². The maximum atomic E-state index is 3.72. The summed E-state index contributed by atoms with van der Waals surface area (Å²) in [5.74, 6) is 1.84. The molecular weight excluding hydrogens is 182 g/mol. The van der Waals surface area contributed by atoms with Gasteiger partial charge in [-0.25, -0.2) is 0 Å². The SMILES string of the molecule is CCC(C)CC(C)NCC1CCCCC1. The van der Waals surface area contributed by atoms with Crippen LogP contribution in [0.15, 0.2) is 0 Å². The second-order valence-corrected chi connectivity index (χ2v) is 5.56. The molecule has 0 amide bonds. The van der Waals surface area contributed by atoms with Gasteiger partial charge in [-0.05, 0) is 44.6 Å². The molecule has 90 valence electrons. The number of rotatable bonds is 6. The number of hydrogen-bond donors (Lipinski definition) is 1. The first-order valence-corrected chi connectivity index (χ1v) is 6.95. The van der Waals surface area contributed by atoms with Crippen LogP contribution in [0.2, 0.25) is 0 Å². The molecule has 1 heteroatoms. The molecule has 1 rings (SSSR count). The van der Waals surface area contributed by atoms with E-state index in [4.69, 9.17) is 0 Å². The van der Waals surface area contributed by atoms with Gasteiger partial charge in [-0.3, -0.25) is 0 Å². The van der Waals surface area contributed by atoms with E-state index < -0.39 is 0 Å². The summed E-state index contributed by atoms with van der Waals surface area (Å²) in [6, 6.07) is 0.710. The van der Waals surface area contributed by atoms with E-state index in [2.05, 4.69) is 26.1 Å². The minimum Gasteiger partial charge on any atom is -0.314 e. The van der Waals surface area contributed by atoms with Crippen LogP contribution in [0.5, 0.6) is 0 Å². The minimum absolute atomic E-state index is 0.710. The van der Waals surface area contributed by atoms with Gasteiger partial charge in [0.15, 0.2) is 0 Å². The Hall–Kier alpha value is -0.0400. The molecule has 1 aliphatic carbocycles. The van der Waals surface area contributed by atoms with E-state index in [0.717, 1.165) is 11.8 Å². The Morgan fingerprint density at radius 1 is 1.13 bits per heavy atom. The van der Waals surface area contributed by atoms with E-state index >= 15 is 0 Å². The Kier molecular flexibility index (Phi) is 6.31. The summed E-state index contributed by atoms with van der Waals surface area (Å²) in [6.45, 7) is 8.25. The Labute approximate surface area is 96.0 Å². The van der Waals surface area contributed by atoms with Gasteiger partial charge < -0.3 is 5.32 Å². The zero-order valence-electron chi connectivity index (χ0n) is 10.9. The molecule has 1 nitrogen and oxygen atoms in total. The highest BCUT2D eigenvalue weighted by molar-refractivity contribution is 4.71. The van der Waals surface area contributed by atoms with E-state index in [9.17, 15) is 0 Å². The molecule has 0 aromatic heterocycles. The van der Waals surface area contributed by atoms with Gasteiger partial charge >= 0.3 is 0 Å². The van der Waals surface area contributed by atoms with Crippen molar-refractivity contribution in [3.05, 3.63) is 0 Å². The predicted octanol–water partition coefficient (Wildman–Crippen LogP) is 3.98. The fourth-order valence-corrected chi connectivity index (χ4v) is 2.61. The van der Waals surface area contributed by atoms with Gasteiger partial charge in [-0.2, -0.15) is 0 Å². The molecule has 0 saturated heterocycles. The molecule has 1 aliphatic rings.